The number of aryl methyl sites for hydroxylation is 2. The van der Waals surface area contributed by atoms with Crippen molar-refractivity contribution in [3.05, 3.63) is 70.8 Å². The summed E-state index contributed by atoms with van der Waals surface area (Å²) in [6.45, 7) is 7.51. The van der Waals surface area contributed by atoms with E-state index in [0.29, 0.717) is 11.1 Å². The van der Waals surface area contributed by atoms with Gasteiger partial charge in [0.2, 0.25) is 8.07 Å². The Kier molecular flexibility index (Phi) is 4.23. The number of carbonyl (C=O) groups is 2. The minimum atomic E-state index is -2.73. The summed E-state index contributed by atoms with van der Waals surface area (Å²) in [5, 5.41) is 0.0164. The Morgan fingerprint density at radius 1 is 0.714 bits per heavy atom. The molecule has 0 unspecified atom stereocenters. The molecule has 0 aliphatic heterocycles. The molecule has 0 radical (unpaired) electrons. The van der Waals surface area contributed by atoms with Crippen LogP contribution in [0.3, 0.4) is 0 Å². The van der Waals surface area contributed by atoms with Crippen LogP contribution in [0.25, 0.3) is 0 Å². The lowest BCUT2D eigenvalue weighted by molar-refractivity contribution is 0.102. The Morgan fingerprint density at radius 2 is 1.05 bits per heavy atom. The second-order valence-corrected chi connectivity index (χ2v) is 10.1. The first-order valence-corrected chi connectivity index (χ1v) is 10.1. The van der Waals surface area contributed by atoms with Gasteiger partial charge in [-0.2, -0.15) is 0 Å². The third-order valence-electron chi connectivity index (χ3n) is 3.91. The highest BCUT2D eigenvalue weighted by molar-refractivity contribution is 7.26. The van der Waals surface area contributed by atoms with E-state index in [-0.39, 0.29) is 10.8 Å². The average Bonchev–Trinajstić information content (AvgIpc) is 2.47. The first kappa shape index (κ1) is 15.4. The van der Waals surface area contributed by atoms with Crippen LogP contribution in [0.5, 0.6) is 0 Å². The van der Waals surface area contributed by atoms with Gasteiger partial charge in [-0.05, 0) is 25.0 Å². The van der Waals surface area contributed by atoms with Crippen molar-refractivity contribution in [2.75, 3.05) is 0 Å². The molecule has 2 aromatic carbocycles. The first-order valence-electron chi connectivity index (χ1n) is 7.06. The van der Waals surface area contributed by atoms with Gasteiger partial charge >= 0.3 is 0 Å². The van der Waals surface area contributed by atoms with Gasteiger partial charge in [-0.15, -0.1) is 0 Å². The Balaban J connectivity index is 2.43. The Hall–Kier alpha value is -2.00. The molecule has 0 saturated heterocycles. The van der Waals surface area contributed by atoms with Crippen molar-refractivity contribution >= 4 is 18.9 Å². The first-order chi connectivity index (χ1) is 9.85. The van der Waals surface area contributed by atoms with Gasteiger partial charge in [-0.25, -0.2) is 0 Å². The number of hydrogen-bond acceptors (Lipinski definition) is 2. The van der Waals surface area contributed by atoms with Crippen LogP contribution in [0.15, 0.2) is 48.5 Å². The van der Waals surface area contributed by atoms with Crippen LogP contribution in [0.2, 0.25) is 13.1 Å². The molecule has 0 atom stereocenters. The van der Waals surface area contributed by atoms with Crippen LogP contribution in [0.1, 0.15) is 31.8 Å². The maximum absolute atomic E-state index is 12.9. The van der Waals surface area contributed by atoms with Crippen LogP contribution in [-0.4, -0.2) is 18.9 Å². The molecule has 0 fully saturated rings. The van der Waals surface area contributed by atoms with Gasteiger partial charge in [0.1, 0.15) is 10.8 Å². The van der Waals surface area contributed by atoms with Crippen LogP contribution in [0.4, 0.5) is 0 Å². The van der Waals surface area contributed by atoms with Crippen molar-refractivity contribution in [2.45, 2.75) is 26.9 Å². The van der Waals surface area contributed by atoms with Crippen LogP contribution < -0.4 is 0 Å². The molecule has 2 aromatic rings. The number of rotatable bonds is 4. The van der Waals surface area contributed by atoms with E-state index in [1.807, 2.05) is 75.5 Å². The molecule has 0 aliphatic rings. The summed E-state index contributed by atoms with van der Waals surface area (Å²) in [5.74, 6) is 0. The summed E-state index contributed by atoms with van der Waals surface area (Å²) < 4.78 is 0. The van der Waals surface area contributed by atoms with Crippen molar-refractivity contribution in [1.29, 1.82) is 0 Å². The molecule has 2 rings (SSSR count). The van der Waals surface area contributed by atoms with Crippen molar-refractivity contribution in [1.82, 2.24) is 0 Å². The molecular formula is C18H20O2Si. The maximum atomic E-state index is 12.9. The molecule has 0 aliphatic carbocycles. The predicted octanol–water partition coefficient (Wildman–Crippen LogP) is 4.16. The van der Waals surface area contributed by atoms with E-state index in [4.69, 9.17) is 0 Å². The highest BCUT2D eigenvalue weighted by atomic mass is 28.3. The lowest BCUT2D eigenvalue weighted by Crippen LogP contribution is -2.47. The van der Waals surface area contributed by atoms with E-state index in [1.54, 1.807) is 0 Å². The van der Waals surface area contributed by atoms with E-state index in [2.05, 4.69) is 0 Å². The van der Waals surface area contributed by atoms with E-state index in [9.17, 15) is 9.59 Å². The Labute approximate surface area is 126 Å². The lowest BCUT2D eigenvalue weighted by Gasteiger charge is -2.21. The number of benzene rings is 2. The van der Waals surface area contributed by atoms with Crippen LogP contribution >= 0.6 is 0 Å². The van der Waals surface area contributed by atoms with E-state index in [0.717, 1.165) is 11.1 Å². The monoisotopic (exact) mass is 296 g/mol. The molecule has 0 bridgehead atoms. The van der Waals surface area contributed by atoms with E-state index < -0.39 is 8.07 Å². The van der Waals surface area contributed by atoms with Crippen molar-refractivity contribution in [3.63, 3.8) is 0 Å². The van der Waals surface area contributed by atoms with Crippen molar-refractivity contribution in [3.8, 4) is 0 Å². The van der Waals surface area contributed by atoms with Crippen LogP contribution in [0, 0.1) is 13.8 Å². The summed E-state index contributed by atoms with van der Waals surface area (Å²) in [5.41, 5.74) is 3.22. The average molecular weight is 296 g/mol. The maximum Gasteiger partial charge on any atom is 0.214 e. The molecule has 108 valence electrons. The highest BCUT2D eigenvalue weighted by Gasteiger charge is 2.41. The zero-order valence-corrected chi connectivity index (χ0v) is 13.9. The van der Waals surface area contributed by atoms with Crippen LogP contribution in [-0.2, 0) is 0 Å². The number of carbonyl (C=O) groups excluding carboxylic acids is 2. The normalized spacial score (nSPS) is 11.2. The molecule has 0 heterocycles. The highest BCUT2D eigenvalue weighted by Crippen LogP contribution is 2.21. The fourth-order valence-electron chi connectivity index (χ4n) is 2.43. The fourth-order valence-corrected chi connectivity index (χ4v) is 4.55. The largest absolute Gasteiger partial charge is 0.299 e. The molecule has 0 saturated carbocycles. The van der Waals surface area contributed by atoms with Gasteiger partial charge in [0.15, 0.2) is 0 Å². The zero-order chi connectivity index (χ0) is 15.6. The molecule has 0 spiro atoms. The SMILES string of the molecule is Cc1ccccc1C(=O)[Si](C)(C)C(=O)c1ccccc1C. The molecule has 3 heteroatoms. The molecular weight excluding hydrogens is 276 g/mol. The second-order valence-electron chi connectivity index (χ2n) is 5.91. The standard InChI is InChI=1S/C18H20O2Si/c1-13-9-5-7-11-15(13)17(19)21(3,4)18(20)16-12-8-6-10-14(16)2/h5-12H,1-4H3. The summed E-state index contributed by atoms with van der Waals surface area (Å²) in [7, 11) is -2.73. The molecule has 0 N–H and O–H groups in total. The quantitative estimate of drug-likeness (QED) is 0.794. The summed E-state index contributed by atoms with van der Waals surface area (Å²) in [4.78, 5) is 25.7. The minimum absolute atomic E-state index is 0.00820. The van der Waals surface area contributed by atoms with E-state index >= 15 is 0 Å². The lowest BCUT2D eigenvalue weighted by atomic mass is 10.1. The second kappa shape index (κ2) is 5.78. The molecule has 2 nitrogen and oxygen atoms in total. The van der Waals surface area contributed by atoms with Gasteiger partial charge in [0.25, 0.3) is 0 Å². The Morgan fingerprint density at radius 3 is 1.38 bits per heavy atom. The third-order valence-corrected chi connectivity index (χ3v) is 6.72. The summed E-state index contributed by atoms with van der Waals surface area (Å²) >= 11 is 0. The topological polar surface area (TPSA) is 34.1 Å². The summed E-state index contributed by atoms with van der Waals surface area (Å²) in [6.07, 6.45) is 0. The molecule has 0 amide bonds. The van der Waals surface area contributed by atoms with Gasteiger partial charge in [-0.1, -0.05) is 61.6 Å². The number of hydrogen-bond donors (Lipinski definition) is 0. The molecule has 0 aromatic heterocycles. The third kappa shape index (κ3) is 2.88. The van der Waals surface area contributed by atoms with Gasteiger partial charge < -0.3 is 0 Å². The van der Waals surface area contributed by atoms with Crippen molar-refractivity contribution < 1.29 is 9.59 Å². The van der Waals surface area contributed by atoms with Crippen molar-refractivity contribution in [2.24, 2.45) is 0 Å². The van der Waals surface area contributed by atoms with Gasteiger partial charge in [0, 0.05) is 11.1 Å². The fraction of sp³-hybridized carbons (Fsp3) is 0.222. The molecule has 21 heavy (non-hydrogen) atoms. The smallest absolute Gasteiger partial charge is 0.214 e. The predicted molar refractivity (Wildman–Crippen MR) is 88.5 cm³/mol. The Bertz CT molecular complexity index is 642. The van der Waals surface area contributed by atoms with Gasteiger partial charge in [-0.3, -0.25) is 9.59 Å². The summed E-state index contributed by atoms with van der Waals surface area (Å²) in [6, 6.07) is 15.0. The van der Waals surface area contributed by atoms with E-state index in [1.165, 1.54) is 0 Å². The zero-order valence-electron chi connectivity index (χ0n) is 12.9. The van der Waals surface area contributed by atoms with Gasteiger partial charge in [0.05, 0.1) is 0 Å². The minimum Gasteiger partial charge on any atom is -0.299 e.